The highest BCUT2D eigenvalue weighted by atomic mass is 16.2. The minimum atomic E-state index is 0.173. The summed E-state index contributed by atoms with van der Waals surface area (Å²) in [6.07, 6.45) is 2.03. The van der Waals surface area contributed by atoms with Crippen LogP contribution >= 0.6 is 0 Å². The molecule has 86 valence electrons. The van der Waals surface area contributed by atoms with Gasteiger partial charge in [0.25, 0.3) is 0 Å². The summed E-state index contributed by atoms with van der Waals surface area (Å²) in [5, 5.41) is 8.46. The van der Waals surface area contributed by atoms with Crippen LogP contribution in [0.4, 0.5) is 0 Å². The molecule has 0 fully saturated rings. The first kappa shape index (κ1) is 13.9. The Bertz CT molecular complexity index is 220. The third-order valence-corrected chi connectivity index (χ3v) is 2.35. The van der Waals surface area contributed by atoms with E-state index in [-0.39, 0.29) is 5.91 Å². The van der Waals surface area contributed by atoms with E-state index in [1.807, 2.05) is 0 Å². The zero-order valence-corrected chi connectivity index (χ0v) is 9.99. The molecule has 0 aliphatic carbocycles. The standard InChI is InChI=1S/C11H21N3O/c1-4-14(10-6-8-12)9-5-7-11(15)13(2)3/h4-7,9-10H2,1-3H3. The third-order valence-electron chi connectivity index (χ3n) is 2.35. The maximum Gasteiger partial charge on any atom is 0.222 e. The molecule has 0 aliphatic rings. The molecular weight excluding hydrogens is 190 g/mol. The number of carbonyl (C=O) groups is 1. The first-order chi connectivity index (χ1) is 7.11. The molecule has 0 bridgehead atoms. The van der Waals surface area contributed by atoms with Crippen molar-refractivity contribution in [3.05, 3.63) is 0 Å². The summed E-state index contributed by atoms with van der Waals surface area (Å²) in [6.45, 7) is 4.73. The summed E-state index contributed by atoms with van der Waals surface area (Å²) >= 11 is 0. The predicted octanol–water partition coefficient (Wildman–Crippen LogP) is 1.09. The van der Waals surface area contributed by atoms with Gasteiger partial charge in [0.05, 0.1) is 6.07 Å². The summed E-state index contributed by atoms with van der Waals surface area (Å²) < 4.78 is 0. The van der Waals surface area contributed by atoms with Crippen molar-refractivity contribution in [2.75, 3.05) is 33.7 Å². The molecule has 0 aromatic carbocycles. The molecule has 0 atom stereocenters. The average molecular weight is 211 g/mol. The van der Waals surface area contributed by atoms with Crippen LogP contribution in [0.25, 0.3) is 0 Å². The predicted molar refractivity (Wildman–Crippen MR) is 60.3 cm³/mol. The van der Waals surface area contributed by atoms with Gasteiger partial charge >= 0.3 is 0 Å². The second-order valence-corrected chi connectivity index (χ2v) is 3.73. The lowest BCUT2D eigenvalue weighted by atomic mass is 10.2. The van der Waals surface area contributed by atoms with Crippen molar-refractivity contribution in [3.8, 4) is 6.07 Å². The van der Waals surface area contributed by atoms with Crippen LogP contribution in [0.2, 0.25) is 0 Å². The van der Waals surface area contributed by atoms with Crippen LogP contribution in [-0.4, -0.2) is 49.4 Å². The van der Waals surface area contributed by atoms with Crippen molar-refractivity contribution in [2.24, 2.45) is 0 Å². The smallest absolute Gasteiger partial charge is 0.222 e. The fourth-order valence-corrected chi connectivity index (χ4v) is 1.31. The Morgan fingerprint density at radius 2 is 2.00 bits per heavy atom. The van der Waals surface area contributed by atoms with Crippen molar-refractivity contribution < 1.29 is 4.79 Å². The SMILES string of the molecule is CCN(CCC#N)CCCC(=O)N(C)C. The monoisotopic (exact) mass is 211 g/mol. The van der Waals surface area contributed by atoms with Gasteiger partial charge in [0.15, 0.2) is 0 Å². The van der Waals surface area contributed by atoms with Crippen LogP contribution in [0.5, 0.6) is 0 Å². The number of nitrogens with zero attached hydrogens (tertiary/aromatic N) is 3. The molecule has 15 heavy (non-hydrogen) atoms. The van der Waals surface area contributed by atoms with E-state index in [4.69, 9.17) is 5.26 Å². The first-order valence-corrected chi connectivity index (χ1v) is 5.41. The van der Waals surface area contributed by atoms with E-state index in [1.54, 1.807) is 19.0 Å². The number of hydrogen-bond acceptors (Lipinski definition) is 3. The number of hydrogen-bond donors (Lipinski definition) is 0. The quantitative estimate of drug-likeness (QED) is 0.633. The third kappa shape index (κ3) is 6.92. The molecular formula is C11H21N3O. The van der Waals surface area contributed by atoms with Gasteiger partial charge in [0.2, 0.25) is 5.91 Å². The van der Waals surface area contributed by atoms with Crippen molar-refractivity contribution in [1.82, 2.24) is 9.80 Å². The van der Waals surface area contributed by atoms with Crippen molar-refractivity contribution in [3.63, 3.8) is 0 Å². The minimum absolute atomic E-state index is 0.173. The number of carbonyl (C=O) groups excluding carboxylic acids is 1. The van der Waals surface area contributed by atoms with Crippen LogP contribution in [0.1, 0.15) is 26.2 Å². The number of nitriles is 1. The Balaban J connectivity index is 3.63. The summed E-state index contributed by atoms with van der Waals surface area (Å²) in [7, 11) is 3.55. The van der Waals surface area contributed by atoms with Crippen LogP contribution < -0.4 is 0 Å². The van der Waals surface area contributed by atoms with E-state index >= 15 is 0 Å². The van der Waals surface area contributed by atoms with Gasteiger partial charge in [0, 0.05) is 33.5 Å². The van der Waals surface area contributed by atoms with Crippen molar-refractivity contribution in [2.45, 2.75) is 26.2 Å². The van der Waals surface area contributed by atoms with Gasteiger partial charge in [-0.1, -0.05) is 6.92 Å². The number of amides is 1. The molecule has 0 heterocycles. The summed E-state index contributed by atoms with van der Waals surface area (Å²) in [5.74, 6) is 0.173. The fraction of sp³-hybridized carbons (Fsp3) is 0.818. The van der Waals surface area contributed by atoms with Crippen molar-refractivity contribution in [1.29, 1.82) is 5.26 Å². The molecule has 0 spiro atoms. The Kier molecular flexibility index (Phi) is 7.65. The fourth-order valence-electron chi connectivity index (χ4n) is 1.31. The molecule has 0 N–H and O–H groups in total. The van der Waals surface area contributed by atoms with Gasteiger partial charge in [-0.05, 0) is 19.5 Å². The molecule has 0 radical (unpaired) electrons. The molecule has 0 saturated carbocycles. The zero-order valence-electron chi connectivity index (χ0n) is 9.99. The second-order valence-electron chi connectivity index (χ2n) is 3.73. The highest BCUT2D eigenvalue weighted by Gasteiger charge is 2.06. The van der Waals surface area contributed by atoms with Gasteiger partial charge in [-0.15, -0.1) is 0 Å². The Hall–Kier alpha value is -1.08. The molecule has 1 amide bonds. The lowest BCUT2D eigenvalue weighted by Crippen LogP contribution is -2.27. The first-order valence-electron chi connectivity index (χ1n) is 5.41. The van der Waals surface area contributed by atoms with Gasteiger partial charge < -0.3 is 9.80 Å². The molecule has 4 heteroatoms. The Labute approximate surface area is 92.5 Å². The summed E-state index contributed by atoms with van der Waals surface area (Å²) in [4.78, 5) is 15.1. The molecule has 0 saturated heterocycles. The largest absolute Gasteiger partial charge is 0.349 e. The van der Waals surface area contributed by atoms with Crippen LogP contribution in [0.15, 0.2) is 0 Å². The molecule has 4 nitrogen and oxygen atoms in total. The van der Waals surface area contributed by atoms with Gasteiger partial charge in [-0.3, -0.25) is 4.79 Å². The van der Waals surface area contributed by atoms with Crippen molar-refractivity contribution >= 4 is 5.91 Å². The lowest BCUT2D eigenvalue weighted by Gasteiger charge is -2.19. The maximum atomic E-state index is 11.3. The highest BCUT2D eigenvalue weighted by molar-refractivity contribution is 5.75. The van der Waals surface area contributed by atoms with E-state index in [2.05, 4.69) is 17.9 Å². The van der Waals surface area contributed by atoms with Gasteiger partial charge in [-0.2, -0.15) is 5.26 Å². The number of rotatable bonds is 7. The summed E-state index contributed by atoms with van der Waals surface area (Å²) in [6, 6.07) is 2.13. The zero-order chi connectivity index (χ0) is 11.7. The van der Waals surface area contributed by atoms with Crippen LogP contribution in [-0.2, 0) is 4.79 Å². The lowest BCUT2D eigenvalue weighted by molar-refractivity contribution is -0.128. The maximum absolute atomic E-state index is 11.3. The van der Waals surface area contributed by atoms with E-state index in [1.165, 1.54) is 0 Å². The van der Waals surface area contributed by atoms with Gasteiger partial charge in [0.1, 0.15) is 0 Å². The van der Waals surface area contributed by atoms with E-state index in [9.17, 15) is 4.79 Å². The Morgan fingerprint density at radius 1 is 1.33 bits per heavy atom. The van der Waals surface area contributed by atoms with E-state index < -0.39 is 0 Å². The Morgan fingerprint density at radius 3 is 2.47 bits per heavy atom. The minimum Gasteiger partial charge on any atom is -0.349 e. The second kappa shape index (κ2) is 8.25. The van der Waals surface area contributed by atoms with Crippen LogP contribution in [0.3, 0.4) is 0 Å². The molecule has 0 aliphatic heterocycles. The molecule has 0 rings (SSSR count). The molecule has 0 unspecified atom stereocenters. The summed E-state index contributed by atoms with van der Waals surface area (Å²) in [5.41, 5.74) is 0. The van der Waals surface area contributed by atoms with E-state index in [0.29, 0.717) is 12.8 Å². The average Bonchev–Trinajstić information content (AvgIpc) is 2.22. The van der Waals surface area contributed by atoms with E-state index in [0.717, 1.165) is 26.1 Å². The van der Waals surface area contributed by atoms with Gasteiger partial charge in [-0.25, -0.2) is 0 Å². The topological polar surface area (TPSA) is 47.3 Å². The normalized spacial score (nSPS) is 10.1. The highest BCUT2D eigenvalue weighted by Crippen LogP contribution is 1.98. The molecule has 0 aromatic rings. The van der Waals surface area contributed by atoms with Crippen LogP contribution in [0, 0.1) is 11.3 Å². The molecule has 0 aromatic heterocycles.